The van der Waals surface area contributed by atoms with Crippen molar-refractivity contribution in [3.8, 4) is 0 Å². The fourth-order valence-electron chi connectivity index (χ4n) is 2.74. The third-order valence-electron chi connectivity index (χ3n) is 3.84. The maximum Gasteiger partial charge on any atom is 0.130 e. The van der Waals surface area contributed by atoms with Gasteiger partial charge >= 0.3 is 0 Å². The summed E-state index contributed by atoms with van der Waals surface area (Å²) in [5.74, 6) is 1.89. The summed E-state index contributed by atoms with van der Waals surface area (Å²) in [5.41, 5.74) is 6.44. The highest BCUT2D eigenvalue weighted by molar-refractivity contribution is 6.32. The maximum atomic E-state index is 5.93. The zero-order chi connectivity index (χ0) is 14.8. The van der Waals surface area contributed by atoms with Crippen LogP contribution < -0.4 is 10.6 Å². The lowest BCUT2D eigenvalue weighted by molar-refractivity contribution is 0.205. The van der Waals surface area contributed by atoms with E-state index in [1.54, 1.807) is 12.5 Å². The number of anilines is 2. The first-order chi connectivity index (χ1) is 10.1. The monoisotopic (exact) mass is 306 g/mol. The van der Waals surface area contributed by atoms with Crippen LogP contribution in [0.3, 0.4) is 0 Å². The molecule has 0 amide bonds. The number of rotatable bonds is 3. The van der Waals surface area contributed by atoms with Gasteiger partial charge in [-0.15, -0.1) is 0 Å². The second kappa shape index (κ2) is 5.95. The van der Waals surface area contributed by atoms with Gasteiger partial charge in [0.1, 0.15) is 11.6 Å². The lowest BCUT2D eigenvalue weighted by Crippen LogP contribution is -2.51. The molecule has 3 rings (SSSR count). The smallest absolute Gasteiger partial charge is 0.130 e. The zero-order valence-corrected chi connectivity index (χ0v) is 12.8. The molecular weight excluding hydrogens is 288 g/mol. The number of nitrogens with two attached hydrogens (primary N) is 1. The topological polar surface area (TPSA) is 58.5 Å². The Bertz CT molecular complexity index is 602. The van der Waals surface area contributed by atoms with Crippen LogP contribution in [0, 0.1) is 0 Å². The predicted molar refractivity (Wildman–Crippen MR) is 84.5 cm³/mol. The fraction of sp³-hybridized carbons (Fsp3) is 0.400. The van der Waals surface area contributed by atoms with Crippen molar-refractivity contribution in [3.05, 3.63) is 41.4 Å². The molecule has 112 valence electrons. The summed E-state index contributed by atoms with van der Waals surface area (Å²) in [7, 11) is 0. The Labute approximate surface area is 129 Å². The molecule has 1 saturated heterocycles. The standard InChI is InChI=1S/C15H19ClN4O/c1-11-9-19(10-12-3-2-6-21-12)4-5-20(11)15-7-14(17)13(16)8-18-15/h2-3,6-8,11H,4-5,9-10H2,1H3,(H2,17,18). The molecule has 2 aromatic rings. The van der Waals surface area contributed by atoms with Crippen LogP contribution >= 0.6 is 11.6 Å². The normalized spacial score (nSPS) is 19.9. The molecule has 21 heavy (non-hydrogen) atoms. The van der Waals surface area contributed by atoms with Crippen molar-refractivity contribution >= 4 is 23.1 Å². The van der Waals surface area contributed by atoms with Gasteiger partial charge in [-0.1, -0.05) is 11.6 Å². The summed E-state index contributed by atoms with van der Waals surface area (Å²) in [6, 6.07) is 6.15. The number of aromatic nitrogens is 1. The van der Waals surface area contributed by atoms with Crippen LogP contribution in [-0.4, -0.2) is 35.6 Å². The van der Waals surface area contributed by atoms with E-state index in [9.17, 15) is 0 Å². The number of halogens is 1. The summed E-state index contributed by atoms with van der Waals surface area (Å²) in [6.45, 7) is 5.89. The summed E-state index contributed by atoms with van der Waals surface area (Å²) in [4.78, 5) is 9.05. The average molecular weight is 307 g/mol. The van der Waals surface area contributed by atoms with Crippen molar-refractivity contribution < 1.29 is 4.42 Å². The molecule has 2 aromatic heterocycles. The Kier molecular flexibility index (Phi) is 4.03. The number of piperazine rings is 1. The summed E-state index contributed by atoms with van der Waals surface area (Å²) >= 11 is 5.93. The molecule has 1 aliphatic heterocycles. The zero-order valence-electron chi connectivity index (χ0n) is 12.0. The minimum Gasteiger partial charge on any atom is -0.468 e. The number of nitrogens with zero attached hydrogens (tertiary/aromatic N) is 3. The van der Waals surface area contributed by atoms with Gasteiger partial charge in [-0.05, 0) is 19.1 Å². The van der Waals surface area contributed by atoms with Crippen molar-refractivity contribution in [2.24, 2.45) is 0 Å². The SMILES string of the molecule is CC1CN(Cc2ccco2)CCN1c1cc(N)c(Cl)cn1. The first kappa shape index (κ1) is 14.2. The first-order valence-corrected chi connectivity index (χ1v) is 7.43. The molecule has 0 radical (unpaired) electrons. The lowest BCUT2D eigenvalue weighted by atomic mass is 10.2. The highest BCUT2D eigenvalue weighted by atomic mass is 35.5. The molecule has 0 bridgehead atoms. The van der Waals surface area contributed by atoms with E-state index in [-0.39, 0.29) is 0 Å². The van der Waals surface area contributed by atoms with E-state index in [4.69, 9.17) is 21.8 Å². The second-order valence-corrected chi connectivity index (χ2v) is 5.83. The Balaban J connectivity index is 1.66. The Morgan fingerprint density at radius 2 is 2.33 bits per heavy atom. The first-order valence-electron chi connectivity index (χ1n) is 7.06. The molecule has 0 aromatic carbocycles. The molecule has 2 N–H and O–H groups in total. The van der Waals surface area contributed by atoms with Crippen LogP contribution in [0.4, 0.5) is 11.5 Å². The van der Waals surface area contributed by atoms with Crippen molar-refractivity contribution in [1.82, 2.24) is 9.88 Å². The van der Waals surface area contributed by atoms with Crippen LogP contribution in [0.5, 0.6) is 0 Å². The fourth-order valence-corrected chi connectivity index (χ4v) is 2.84. The highest BCUT2D eigenvalue weighted by Gasteiger charge is 2.25. The molecule has 1 aliphatic rings. The number of furan rings is 1. The van der Waals surface area contributed by atoms with Gasteiger partial charge in [-0.2, -0.15) is 0 Å². The third-order valence-corrected chi connectivity index (χ3v) is 4.15. The quantitative estimate of drug-likeness (QED) is 0.944. The van der Waals surface area contributed by atoms with Crippen LogP contribution in [0.1, 0.15) is 12.7 Å². The summed E-state index contributed by atoms with van der Waals surface area (Å²) < 4.78 is 5.41. The maximum absolute atomic E-state index is 5.93. The van der Waals surface area contributed by atoms with Crippen molar-refractivity contribution in [2.45, 2.75) is 19.5 Å². The van der Waals surface area contributed by atoms with E-state index in [1.165, 1.54) is 0 Å². The van der Waals surface area contributed by atoms with Gasteiger partial charge in [0.2, 0.25) is 0 Å². The lowest BCUT2D eigenvalue weighted by Gasteiger charge is -2.40. The van der Waals surface area contributed by atoms with Crippen LogP contribution in [-0.2, 0) is 6.54 Å². The number of nitrogen functional groups attached to an aromatic ring is 1. The van der Waals surface area contributed by atoms with E-state index in [0.717, 1.165) is 37.8 Å². The van der Waals surface area contributed by atoms with Crippen LogP contribution in [0.15, 0.2) is 35.1 Å². The Morgan fingerprint density at radius 3 is 3.00 bits per heavy atom. The Hall–Kier alpha value is -1.72. The minimum absolute atomic E-state index is 0.363. The van der Waals surface area contributed by atoms with Gasteiger partial charge in [0, 0.05) is 37.9 Å². The van der Waals surface area contributed by atoms with Gasteiger partial charge in [0.05, 0.1) is 23.5 Å². The molecule has 0 spiro atoms. The molecule has 1 atom stereocenters. The van der Waals surface area contributed by atoms with Gasteiger partial charge in [0.25, 0.3) is 0 Å². The average Bonchev–Trinajstić information content (AvgIpc) is 2.95. The highest BCUT2D eigenvalue weighted by Crippen LogP contribution is 2.25. The molecule has 5 nitrogen and oxygen atoms in total. The largest absolute Gasteiger partial charge is 0.468 e. The van der Waals surface area contributed by atoms with Crippen molar-refractivity contribution in [1.29, 1.82) is 0 Å². The van der Waals surface area contributed by atoms with Crippen molar-refractivity contribution in [2.75, 3.05) is 30.3 Å². The number of pyridine rings is 1. The van der Waals surface area contributed by atoms with E-state index in [0.29, 0.717) is 16.8 Å². The molecule has 1 fully saturated rings. The molecular formula is C15H19ClN4O. The summed E-state index contributed by atoms with van der Waals surface area (Å²) in [5, 5.41) is 0.503. The van der Waals surface area contributed by atoms with E-state index in [1.807, 2.05) is 18.2 Å². The minimum atomic E-state index is 0.363. The molecule has 1 unspecified atom stereocenters. The van der Waals surface area contributed by atoms with Gasteiger partial charge < -0.3 is 15.1 Å². The van der Waals surface area contributed by atoms with E-state index in [2.05, 4.69) is 21.7 Å². The third kappa shape index (κ3) is 3.14. The number of hydrogen-bond acceptors (Lipinski definition) is 5. The molecule has 3 heterocycles. The Morgan fingerprint density at radius 1 is 1.48 bits per heavy atom. The molecule has 0 saturated carbocycles. The summed E-state index contributed by atoms with van der Waals surface area (Å²) in [6.07, 6.45) is 3.34. The van der Waals surface area contributed by atoms with Gasteiger partial charge in [-0.3, -0.25) is 4.90 Å². The van der Waals surface area contributed by atoms with Crippen molar-refractivity contribution in [3.63, 3.8) is 0 Å². The molecule has 6 heteroatoms. The number of hydrogen-bond donors (Lipinski definition) is 1. The van der Waals surface area contributed by atoms with Gasteiger partial charge in [-0.25, -0.2) is 4.98 Å². The molecule has 0 aliphatic carbocycles. The van der Waals surface area contributed by atoms with E-state index < -0.39 is 0 Å². The predicted octanol–water partition coefficient (Wildman–Crippen LogP) is 2.62. The van der Waals surface area contributed by atoms with Crippen LogP contribution in [0.25, 0.3) is 0 Å². The van der Waals surface area contributed by atoms with E-state index >= 15 is 0 Å². The second-order valence-electron chi connectivity index (χ2n) is 5.42. The van der Waals surface area contributed by atoms with Gasteiger partial charge in [0.15, 0.2) is 0 Å². The van der Waals surface area contributed by atoms with Crippen LogP contribution in [0.2, 0.25) is 5.02 Å².